The van der Waals surface area contributed by atoms with Gasteiger partial charge in [-0.2, -0.15) is 0 Å². The molecule has 1 aromatic rings. The van der Waals surface area contributed by atoms with Crippen LogP contribution < -0.4 is 15.0 Å². The van der Waals surface area contributed by atoms with Crippen molar-refractivity contribution < 1.29 is 29.0 Å². The third-order valence-electron chi connectivity index (χ3n) is 3.54. The van der Waals surface area contributed by atoms with E-state index in [2.05, 4.69) is 5.32 Å². The van der Waals surface area contributed by atoms with Crippen LogP contribution in [-0.2, 0) is 14.4 Å². The van der Waals surface area contributed by atoms with E-state index in [-0.39, 0.29) is 25.3 Å². The number of fused-ring (bicyclic) bond motifs is 1. The van der Waals surface area contributed by atoms with E-state index in [4.69, 9.17) is 9.84 Å². The SMILES string of the molecule is CC(=O)c1ccc2c(c1)N(CC(=O)NCCC(=O)O)C(=O)C(C)O2. The van der Waals surface area contributed by atoms with Gasteiger partial charge in [-0.05, 0) is 32.0 Å². The molecule has 8 heteroatoms. The van der Waals surface area contributed by atoms with Gasteiger partial charge in [-0.1, -0.05) is 0 Å². The molecule has 1 atom stereocenters. The second-order valence-electron chi connectivity index (χ2n) is 5.42. The zero-order valence-corrected chi connectivity index (χ0v) is 13.4. The molecule has 1 aliphatic rings. The minimum atomic E-state index is -1.03. The molecule has 2 N–H and O–H groups in total. The van der Waals surface area contributed by atoms with E-state index < -0.39 is 23.9 Å². The number of hydrogen-bond donors (Lipinski definition) is 2. The Bertz CT molecular complexity index is 700. The Morgan fingerprint density at radius 1 is 1.33 bits per heavy atom. The van der Waals surface area contributed by atoms with Crippen molar-refractivity contribution in [3.05, 3.63) is 23.8 Å². The van der Waals surface area contributed by atoms with Gasteiger partial charge in [0.05, 0.1) is 12.1 Å². The lowest BCUT2D eigenvalue weighted by Crippen LogP contribution is -2.49. The zero-order chi connectivity index (χ0) is 17.9. The second-order valence-corrected chi connectivity index (χ2v) is 5.42. The summed E-state index contributed by atoms with van der Waals surface area (Å²) in [4.78, 5) is 47.5. The lowest BCUT2D eigenvalue weighted by molar-refractivity contribution is -0.137. The van der Waals surface area contributed by atoms with Crippen molar-refractivity contribution >= 4 is 29.3 Å². The topological polar surface area (TPSA) is 113 Å². The molecule has 1 unspecified atom stereocenters. The number of anilines is 1. The van der Waals surface area contributed by atoms with Crippen LogP contribution in [0.2, 0.25) is 0 Å². The fourth-order valence-electron chi connectivity index (χ4n) is 2.30. The third kappa shape index (κ3) is 3.89. The summed E-state index contributed by atoms with van der Waals surface area (Å²) in [6.07, 6.45) is -0.961. The van der Waals surface area contributed by atoms with Crippen molar-refractivity contribution in [1.29, 1.82) is 0 Å². The Balaban J connectivity index is 2.20. The highest BCUT2D eigenvalue weighted by Gasteiger charge is 2.33. The molecule has 24 heavy (non-hydrogen) atoms. The average Bonchev–Trinajstić information content (AvgIpc) is 2.51. The summed E-state index contributed by atoms with van der Waals surface area (Å²) < 4.78 is 5.49. The van der Waals surface area contributed by atoms with Crippen molar-refractivity contribution in [2.24, 2.45) is 0 Å². The highest BCUT2D eigenvalue weighted by atomic mass is 16.5. The van der Waals surface area contributed by atoms with Gasteiger partial charge in [-0.15, -0.1) is 0 Å². The molecule has 8 nitrogen and oxygen atoms in total. The lowest BCUT2D eigenvalue weighted by atomic mass is 10.1. The van der Waals surface area contributed by atoms with Crippen LogP contribution in [0.15, 0.2) is 18.2 Å². The van der Waals surface area contributed by atoms with Gasteiger partial charge in [-0.3, -0.25) is 24.1 Å². The molecule has 1 heterocycles. The first-order valence-electron chi connectivity index (χ1n) is 7.41. The number of carboxylic acid groups (broad SMARTS) is 1. The number of carbonyl (C=O) groups excluding carboxylic acids is 3. The molecule has 0 aromatic heterocycles. The number of ketones is 1. The molecule has 0 spiro atoms. The van der Waals surface area contributed by atoms with Gasteiger partial charge in [0.15, 0.2) is 11.9 Å². The summed E-state index contributed by atoms with van der Waals surface area (Å²) in [6.45, 7) is 2.67. The smallest absolute Gasteiger partial charge is 0.305 e. The van der Waals surface area contributed by atoms with E-state index in [1.54, 1.807) is 19.1 Å². The van der Waals surface area contributed by atoms with Gasteiger partial charge < -0.3 is 15.2 Å². The van der Waals surface area contributed by atoms with Crippen molar-refractivity contribution in [2.45, 2.75) is 26.4 Å². The summed E-state index contributed by atoms with van der Waals surface area (Å²) >= 11 is 0. The summed E-state index contributed by atoms with van der Waals surface area (Å²) in [6, 6.07) is 4.69. The number of carboxylic acids is 1. The van der Waals surface area contributed by atoms with E-state index in [9.17, 15) is 19.2 Å². The summed E-state index contributed by atoms with van der Waals surface area (Å²) in [5, 5.41) is 11.0. The monoisotopic (exact) mass is 334 g/mol. The van der Waals surface area contributed by atoms with Crippen molar-refractivity contribution in [3.8, 4) is 5.75 Å². The number of benzene rings is 1. The fraction of sp³-hybridized carbons (Fsp3) is 0.375. The first-order chi connectivity index (χ1) is 11.3. The predicted molar refractivity (Wildman–Crippen MR) is 84.2 cm³/mol. The van der Waals surface area contributed by atoms with Crippen molar-refractivity contribution in [1.82, 2.24) is 5.32 Å². The molecule has 0 radical (unpaired) electrons. The summed E-state index contributed by atoms with van der Waals surface area (Å²) in [5.74, 6) is -1.68. The van der Waals surface area contributed by atoms with Gasteiger partial charge in [0, 0.05) is 12.1 Å². The molecule has 0 saturated heterocycles. The highest BCUT2D eigenvalue weighted by Crippen LogP contribution is 2.34. The Kier molecular flexibility index (Phi) is 5.18. The highest BCUT2D eigenvalue weighted by molar-refractivity contribution is 6.05. The van der Waals surface area contributed by atoms with E-state index in [0.717, 1.165) is 0 Å². The van der Waals surface area contributed by atoms with Crippen LogP contribution in [0.4, 0.5) is 5.69 Å². The Morgan fingerprint density at radius 3 is 2.67 bits per heavy atom. The number of aliphatic carboxylic acids is 1. The van der Waals surface area contributed by atoms with Crippen LogP contribution in [0.1, 0.15) is 30.6 Å². The fourth-order valence-corrected chi connectivity index (χ4v) is 2.30. The molecule has 2 rings (SSSR count). The first-order valence-corrected chi connectivity index (χ1v) is 7.41. The number of carbonyl (C=O) groups is 4. The standard InChI is InChI=1S/C16H18N2O6/c1-9(19)11-3-4-13-12(7-11)18(16(23)10(2)24-13)8-14(20)17-6-5-15(21)22/h3-4,7,10H,5-6,8H2,1-2H3,(H,17,20)(H,21,22). The quantitative estimate of drug-likeness (QED) is 0.736. The first kappa shape index (κ1) is 17.5. The number of rotatable bonds is 6. The van der Waals surface area contributed by atoms with Crippen LogP contribution in [0.3, 0.4) is 0 Å². The molecule has 1 aromatic carbocycles. The molecule has 2 amide bonds. The second kappa shape index (κ2) is 7.12. The van der Waals surface area contributed by atoms with Crippen LogP contribution in [0.25, 0.3) is 0 Å². The summed E-state index contributed by atoms with van der Waals surface area (Å²) in [7, 11) is 0. The average molecular weight is 334 g/mol. The molecule has 0 aliphatic carbocycles. The number of nitrogens with one attached hydrogen (secondary N) is 1. The minimum Gasteiger partial charge on any atom is -0.481 e. The lowest BCUT2D eigenvalue weighted by Gasteiger charge is -2.32. The largest absolute Gasteiger partial charge is 0.481 e. The Morgan fingerprint density at radius 2 is 2.04 bits per heavy atom. The number of hydrogen-bond acceptors (Lipinski definition) is 5. The van der Waals surface area contributed by atoms with Crippen molar-refractivity contribution in [3.63, 3.8) is 0 Å². The van der Waals surface area contributed by atoms with Crippen LogP contribution in [0.5, 0.6) is 5.75 Å². The van der Waals surface area contributed by atoms with Crippen LogP contribution >= 0.6 is 0 Å². The Hall–Kier alpha value is -2.90. The predicted octanol–water partition coefficient (Wildman–Crippen LogP) is 0.594. The van der Waals surface area contributed by atoms with Crippen LogP contribution in [0, 0.1) is 0 Å². The molecule has 0 saturated carbocycles. The normalized spacial score (nSPS) is 16.2. The van der Waals surface area contributed by atoms with Crippen LogP contribution in [-0.4, -0.2) is 47.9 Å². The van der Waals surface area contributed by atoms with Gasteiger partial charge in [0.2, 0.25) is 5.91 Å². The van der Waals surface area contributed by atoms with Gasteiger partial charge in [-0.25, -0.2) is 0 Å². The maximum Gasteiger partial charge on any atom is 0.305 e. The van der Waals surface area contributed by atoms with Gasteiger partial charge in [0.25, 0.3) is 5.91 Å². The number of ether oxygens (including phenoxy) is 1. The zero-order valence-electron chi connectivity index (χ0n) is 13.4. The molecule has 128 valence electrons. The van der Waals surface area contributed by atoms with Crippen molar-refractivity contribution in [2.75, 3.05) is 18.0 Å². The maximum absolute atomic E-state index is 12.3. The van der Waals surface area contributed by atoms with E-state index in [0.29, 0.717) is 17.0 Å². The molecule has 0 fully saturated rings. The Labute approximate surface area is 138 Å². The number of Topliss-reactive ketones (excluding diaryl/α,β-unsaturated/α-hetero) is 1. The summed E-state index contributed by atoms with van der Waals surface area (Å²) in [5.41, 5.74) is 0.746. The minimum absolute atomic E-state index is 0.0252. The number of nitrogens with zero attached hydrogens (tertiary/aromatic N) is 1. The maximum atomic E-state index is 12.3. The van der Waals surface area contributed by atoms with E-state index >= 15 is 0 Å². The molecular weight excluding hydrogens is 316 g/mol. The molecule has 0 bridgehead atoms. The van der Waals surface area contributed by atoms with Gasteiger partial charge in [0.1, 0.15) is 12.3 Å². The van der Waals surface area contributed by atoms with E-state index in [1.165, 1.54) is 17.9 Å². The molecular formula is C16H18N2O6. The third-order valence-corrected chi connectivity index (χ3v) is 3.54. The van der Waals surface area contributed by atoms with E-state index in [1.807, 2.05) is 0 Å². The van der Waals surface area contributed by atoms with Gasteiger partial charge >= 0.3 is 5.97 Å². The number of amides is 2. The molecule has 1 aliphatic heterocycles.